The first-order chi connectivity index (χ1) is 12.9. The van der Waals surface area contributed by atoms with E-state index in [1.54, 1.807) is 12.1 Å². The van der Waals surface area contributed by atoms with E-state index < -0.39 is 11.7 Å². The van der Waals surface area contributed by atoms with Gasteiger partial charge in [-0.1, -0.05) is 6.07 Å². The maximum atomic E-state index is 13.3. The molecular weight excluding hydrogens is 357 g/mol. The maximum Gasteiger partial charge on any atom is 0.417 e. The van der Waals surface area contributed by atoms with E-state index in [0.29, 0.717) is 16.9 Å². The van der Waals surface area contributed by atoms with Gasteiger partial charge in [-0.25, -0.2) is 9.97 Å². The summed E-state index contributed by atoms with van der Waals surface area (Å²) in [5.41, 5.74) is 2.78. The lowest BCUT2D eigenvalue weighted by atomic mass is 10.1. The van der Waals surface area contributed by atoms with E-state index in [1.165, 1.54) is 24.8 Å². The van der Waals surface area contributed by atoms with Crippen LogP contribution in [0.1, 0.15) is 25.0 Å². The van der Waals surface area contributed by atoms with Gasteiger partial charge in [0, 0.05) is 41.8 Å². The summed E-state index contributed by atoms with van der Waals surface area (Å²) in [6, 6.07) is 5.76. The molecule has 27 heavy (non-hydrogen) atoms. The first-order valence-corrected chi connectivity index (χ1v) is 8.47. The molecule has 0 saturated heterocycles. The fraction of sp³-hybridized carbons (Fsp3) is 0.278. The summed E-state index contributed by atoms with van der Waals surface area (Å²) < 4.78 is 39.8. The fourth-order valence-corrected chi connectivity index (χ4v) is 2.85. The number of hydrogen-bond donors (Lipinski definition) is 2. The predicted octanol–water partition coefficient (Wildman–Crippen LogP) is 4.27. The summed E-state index contributed by atoms with van der Waals surface area (Å²) >= 11 is 0. The highest BCUT2D eigenvalue weighted by Crippen LogP contribution is 2.35. The summed E-state index contributed by atoms with van der Waals surface area (Å²) in [5, 5.41) is 4.12. The maximum absolute atomic E-state index is 13.3. The topological polar surface area (TPSA) is 69.2 Å². The normalized spacial score (nSPS) is 12.0. The van der Waals surface area contributed by atoms with Crippen LogP contribution in [-0.2, 0) is 6.18 Å². The van der Waals surface area contributed by atoms with Gasteiger partial charge in [0.1, 0.15) is 12.1 Å². The molecule has 0 atom stereocenters. The summed E-state index contributed by atoms with van der Waals surface area (Å²) in [5.74, 6) is 1.21. The number of H-pyrrole nitrogens is 1. The van der Waals surface area contributed by atoms with E-state index in [9.17, 15) is 13.2 Å². The molecule has 142 valence electrons. The first kappa shape index (κ1) is 18.7. The van der Waals surface area contributed by atoms with Gasteiger partial charge in [-0.05, 0) is 26.0 Å². The highest BCUT2D eigenvalue weighted by atomic mass is 19.4. The summed E-state index contributed by atoms with van der Waals surface area (Å²) in [6.07, 6.45) is -0.193. The smallest absolute Gasteiger partial charge is 0.360 e. The van der Waals surface area contributed by atoms with Gasteiger partial charge in [0.05, 0.1) is 11.8 Å². The standard InChI is InChI=1S/C18H19F3N6/c1-3-27(4-2)16-8-15(23-11-24-16)26-25-10-12-9-22-14-7-5-6-13(17(12)14)18(19,20)21/h5-11,22H,3-4H2,1-2H3,(H,23,24,26)/b25-10+. The van der Waals surface area contributed by atoms with Gasteiger partial charge < -0.3 is 9.88 Å². The number of alkyl halides is 3. The van der Waals surface area contributed by atoms with Crippen molar-refractivity contribution in [3.63, 3.8) is 0 Å². The number of hydrazone groups is 1. The average molecular weight is 376 g/mol. The minimum atomic E-state index is -4.44. The Bertz CT molecular complexity index is 944. The molecule has 0 bridgehead atoms. The Balaban J connectivity index is 1.85. The molecule has 3 rings (SSSR count). The number of rotatable bonds is 6. The van der Waals surface area contributed by atoms with Crippen molar-refractivity contribution in [1.82, 2.24) is 15.0 Å². The Morgan fingerprint density at radius 3 is 2.70 bits per heavy atom. The number of benzene rings is 1. The Morgan fingerprint density at radius 2 is 2.00 bits per heavy atom. The first-order valence-electron chi connectivity index (χ1n) is 8.47. The molecule has 0 aliphatic carbocycles. The highest BCUT2D eigenvalue weighted by Gasteiger charge is 2.33. The molecule has 0 saturated carbocycles. The van der Waals surface area contributed by atoms with Crippen LogP contribution in [0.25, 0.3) is 10.9 Å². The van der Waals surface area contributed by atoms with Crippen molar-refractivity contribution in [1.29, 1.82) is 0 Å². The third kappa shape index (κ3) is 4.02. The Hall–Kier alpha value is -3.10. The van der Waals surface area contributed by atoms with Gasteiger partial charge in [-0.2, -0.15) is 18.3 Å². The van der Waals surface area contributed by atoms with Crippen molar-refractivity contribution in [2.45, 2.75) is 20.0 Å². The SMILES string of the molecule is CCN(CC)c1cc(N/N=C/c2c[nH]c3cccc(C(F)(F)F)c23)ncn1. The average Bonchev–Trinajstić information content (AvgIpc) is 3.06. The van der Waals surface area contributed by atoms with Crippen LogP contribution in [0.2, 0.25) is 0 Å². The summed E-state index contributed by atoms with van der Waals surface area (Å²) in [6.45, 7) is 5.63. The van der Waals surface area contributed by atoms with Gasteiger partial charge >= 0.3 is 6.18 Å². The number of nitrogens with one attached hydrogen (secondary N) is 2. The van der Waals surface area contributed by atoms with Crippen molar-refractivity contribution in [3.8, 4) is 0 Å². The summed E-state index contributed by atoms with van der Waals surface area (Å²) in [4.78, 5) is 13.2. The lowest BCUT2D eigenvalue weighted by Gasteiger charge is -2.19. The van der Waals surface area contributed by atoms with Crippen molar-refractivity contribution >= 4 is 28.8 Å². The zero-order valence-electron chi connectivity index (χ0n) is 14.9. The van der Waals surface area contributed by atoms with E-state index >= 15 is 0 Å². The second-order valence-corrected chi connectivity index (χ2v) is 5.77. The van der Waals surface area contributed by atoms with Gasteiger partial charge in [0.25, 0.3) is 0 Å². The number of fused-ring (bicyclic) bond motifs is 1. The van der Waals surface area contributed by atoms with Crippen molar-refractivity contribution in [2.75, 3.05) is 23.4 Å². The largest absolute Gasteiger partial charge is 0.417 e. The molecule has 2 N–H and O–H groups in total. The molecule has 0 aliphatic rings. The number of nitrogens with zero attached hydrogens (tertiary/aromatic N) is 4. The van der Waals surface area contributed by atoms with E-state index in [-0.39, 0.29) is 5.39 Å². The quantitative estimate of drug-likeness (QED) is 0.498. The number of aromatic amines is 1. The second kappa shape index (κ2) is 7.65. The molecule has 0 amide bonds. The predicted molar refractivity (Wildman–Crippen MR) is 100 cm³/mol. The molecule has 0 fully saturated rings. The van der Waals surface area contributed by atoms with Crippen LogP contribution in [0.3, 0.4) is 0 Å². The molecule has 1 aromatic carbocycles. The van der Waals surface area contributed by atoms with Crippen molar-refractivity contribution < 1.29 is 13.2 Å². The van der Waals surface area contributed by atoms with E-state index in [0.717, 1.165) is 25.0 Å². The molecule has 6 nitrogen and oxygen atoms in total. The third-order valence-electron chi connectivity index (χ3n) is 4.16. The summed E-state index contributed by atoms with van der Waals surface area (Å²) in [7, 11) is 0. The molecule has 2 aromatic heterocycles. The highest BCUT2D eigenvalue weighted by molar-refractivity contribution is 6.01. The second-order valence-electron chi connectivity index (χ2n) is 5.77. The lowest BCUT2D eigenvalue weighted by Crippen LogP contribution is -2.23. The van der Waals surface area contributed by atoms with Crippen LogP contribution in [0.15, 0.2) is 41.9 Å². The molecule has 0 aliphatic heterocycles. The van der Waals surface area contributed by atoms with Gasteiger partial charge in [-0.3, -0.25) is 5.43 Å². The fourth-order valence-electron chi connectivity index (χ4n) is 2.85. The third-order valence-corrected chi connectivity index (χ3v) is 4.16. The lowest BCUT2D eigenvalue weighted by molar-refractivity contribution is -0.136. The number of halogens is 3. The van der Waals surface area contributed by atoms with Gasteiger partial charge in [0.15, 0.2) is 5.82 Å². The molecule has 0 radical (unpaired) electrons. The number of hydrogen-bond acceptors (Lipinski definition) is 5. The van der Waals surface area contributed by atoms with Gasteiger partial charge in [0.2, 0.25) is 0 Å². The molecule has 9 heteroatoms. The zero-order valence-corrected chi connectivity index (χ0v) is 14.9. The molecule has 0 spiro atoms. The van der Waals surface area contributed by atoms with Crippen molar-refractivity contribution in [3.05, 3.63) is 47.9 Å². The van der Waals surface area contributed by atoms with Crippen molar-refractivity contribution in [2.24, 2.45) is 5.10 Å². The van der Waals surface area contributed by atoms with Crippen LogP contribution >= 0.6 is 0 Å². The van der Waals surface area contributed by atoms with Crippen LogP contribution in [0.4, 0.5) is 24.8 Å². The molecule has 3 aromatic rings. The molecular formula is C18H19F3N6. The monoisotopic (exact) mass is 376 g/mol. The Labute approximate surface area is 154 Å². The Kier molecular flexibility index (Phi) is 5.29. The number of anilines is 2. The zero-order chi connectivity index (χ0) is 19.4. The van der Waals surface area contributed by atoms with Crippen LogP contribution in [-0.4, -0.2) is 34.3 Å². The Morgan fingerprint density at radius 1 is 1.22 bits per heavy atom. The van der Waals surface area contributed by atoms with Gasteiger partial charge in [-0.15, -0.1) is 0 Å². The molecule has 0 unspecified atom stereocenters. The minimum absolute atomic E-state index is 0.0852. The molecule has 2 heterocycles. The van der Waals surface area contributed by atoms with E-state index in [2.05, 4.69) is 25.5 Å². The number of aromatic nitrogens is 3. The van der Waals surface area contributed by atoms with E-state index in [4.69, 9.17) is 0 Å². The van der Waals surface area contributed by atoms with Crippen LogP contribution in [0.5, 0.6) is 0 Å². The van der Waals surface area contributed by atoms with Crippen LogP contribution in [0, 0.1) is 0 Å². The minimum Gasteiger partial charge on any atom is -0.360 e. The van der Waals surface area contributed by atoms with E-state index in [1.807, 2.05) is 18.7 Å². The van der Waals surface area contributed by atoms with Crippen LogP contribution < -0.4 is 10.3 Å².